The van der Waals surface area contributed by atoms with Gasteiger partial charge < -0.3 is 10.6 Å². The number of benzene rings is 1. The van der Waals surface area contributed by atoms with Gasteiger partial charge >= 0.3 is 0 Å². The smallest absolute Gasteiger partial charge is 0.226 e. The molecule has 0 aliphatic heterocycles. The Labute approximate surface area is 160 Å². The van der Waals surface area contributed by atoms with Crippen LogP contribution in [0.1, 0.15) is 31.7 Å². The Hall–Kier alpha value is -0.880. The molecule has 0 aliphatic rings. The van der Waals surface area contributed by atoms with Crippen molar-refractivity contribution in [2.24, 2.45) is 5.41 Å². The molecule has 2 N–H and O–H groups in total. The number of hydrogen-bond donors (Lipinski definition) is 2. The largest absolute Gasteiger partial charge is 0.354 e. The van der Waals surface area contributed by atoms with Gasteiger partial charge in [0.05, 0.1) is 20.6 Å². The van der Waals surface area contributed by atoms with E-state index in [-0.39, 0.29) is 36.1 Å². The van der Waals surface area contributed by atoms with Crippen LogP contribution in [0.2, 0.25) is 0 Å². The van der Waals surface area contributed by atoms with Gasteiger partial charge in [0.15, 0.2) is 0 Å². The van der Waals surface area contributed by atoms with E-state index < -0.39 is 0 Å². The zero-order valence-electron chi connectivity index (χ0n) is 14.4. The molecular formula is C17H27Cl2N3OS. The standard InChI is InChI=1S/C17H25N3OS.2ClH/c1-4-17(5-2,16(21)19-11-10-18-3)12-15-20-13-8-6-7-9-14(13)22-15;;/h6-9,18H,4-5,10-12H2,1-3H3,(H,19,21);2*1H. The Morgan fingerprint density at radius 1 is 1.17 bits per heavy atom. The summed E-state index contributed by atoms with van der Waals surface area (Å²) in [6, 6.07) is 8.15. The molecule has 2 aromatic rings. The van der Waals surface area contributed by atoms with Crippen molar-refractivity contribution in [1.82, 2.24) is 15.6 Å². The Morgan fingerprint density at radius 3 is 2.42 bits per heavy atom. The van der Waals surface area contributed by atoms with Crippen LogP contribution in [-0.4, -0.2) is 31.0 Å². The highest BCUT2D eigenvalue weighted by molar-refractivity contribution is 7.18. The van der Waals surface area contributed by atoms with Gasteiger partial charge in [0.1, 0.15) is 0 Å². The van der Waals surface area contributed by atoms with Crippen molar-refractivity contribution in [2.75, 3.05) is 20.1 Å². The molecule has 7 heteroatoms. The third-order valence-electron chi connectivity index (χ3n) is 4.32. The maximum absolute atomic E-state index is 12.7. The third kappa shape index (κ3) is 5.31. The van der Waals surface area contributed by atoms with Gasteiger partial charge in [-0.1, -0.05) is 26.0 Å². The van der Waals surface area contributed by atoms with Crippen LogP contribution in [0.25, 0.3) is 10.2 Å². The number of para-hydroxylation sites is 1. The number of halogens is 2. The predicted molar refractivity (Wildman–Crippen MR) is 108 cm³/mol. The number of carbonyl (C=O) groups excluding carboxylic acids is 1. The first-order valence-electron chi connectivity index (χ1n) is 7.92. The highest BCUT2D eigenvalue weighted by Crippen LogP contribution is 2.34. The van der Waals surface area contributed by atoms with Crippen LogP contribution in [-0.2, 0) is 11.2 Å². The quantitative estimate of drug-likeness (QED) is 0.672. The van der Waals surface area contributed by atoms with Crippen molar-refractivity contribution >= 4 is 52.3 Å². The molecule has 4 nitrogen and oxygen atoms in total. The molecule has 0 spiro atoms. The fraction of sp³-hybridized carbons (Fsp3) is 0.529. The van der Waals surface area contributed by atoms with Crippen LogP contribution in [0, 0.1) is 5.41 Å². The normalized spacial score (nSPS) is 10.8. The average Bonchev–Trinajstić information content (AvgIpc) is 2.95. The molecule has 0 radical (unpaired) electrons. The number of amides is 1. The molecule has 0 saturated heterocycles. The lowest BCUT2D eigenvalue weighted by atomic mass is 9.78. The zero-order valence-corrected chi connectivity index (χ0v) is 16.9. The predicted octanol–water partition coefficient (Wildman–Crippen LogP) is 3.82. The lowest BCUT2D eigenvalue weighted by Crippen LogP contribution is -2.43. The number of carbonyl (C=O) groups is 1. The van der Waals surface area contributed by atoms with E-state index >= 15 is 0 Å². The van der Waals surface area contributed by atoms with Crippen molar-refractivity contribution in [3.63, 3.8) is 0 Å². The second-order valence-electron chi connectivity index (χ2n) is 5.60. The SMILES string of the molecule is CCC(CC)(Cc1nc2ccccc2s1)C(=O)NCCNC.Cl.Cl. The van der Waals surface area contributed by atoms with E-state index in [0.717, 1.165) is 29.9 Å². The first kappa shape index (κ1) is 23.1. The summed E-state index contributed by atoms with van der Waals surface area (Å²) in [6.45, 7) is 5.64. The molecule has 1 heterocycles. The Kier molecular flexibility index (Phi) is 10.5. The minimum absolute atomic E-state index is 0. The van der Waals surface area contributed by atoms with Crippen molar-refractivity contribution < 1.29 is 4.79 Å². The molecule has 0 fully saturated rings. The van der Waals surface area contributed by atoms with Crippen LogP contribution in [0.15, 0.2) is 24.3 Å². The Morgan fingerprint density at radius 2 is 1.83 bits per heavy atom. The molecule has 1 aromatic heterocycles. The molecule has 0 aliphatic carbocycles. The fourth-order valence-electron chi connectivity index (χ4n) is 2.67. The van der Waals surface area contributed by atoms with Crippen LogP contribution in [0.5, 0.6) is 0 Å². The summed E-state index contributed by atoms with van der Waals surface area (Å²) < 4.78 is 1.19. The average molecular weight is 392 g/mol. The lowest BCUT2D eigenvalue weighted by molar-refractivity contribution is -0.131. The molecular weight excluding hydrogens is 365 g/mol. The zero-order chi connectivity index (χ0) is 16.0. The number of aromatic nitrogens is 1. The van der Waals surface area contributed by atoms with E-state index in [1.54, 1.807) is 11.3 Å². The molecule has 1 amide bonds. The van der Waals surface area contributed by atoms with E-state index in [0.29, 0.717) is 13.0 Å². The van der Waals surface area contributed by atoms with Gasteiger partial charge in [-0.05, 0) is 32.0 Å². The van der Waals surface area contributed by atoms with Gasteiger partial charge in [0.2, 0.25) is 5.91 Å². The van der Waals surface area contributed by atoms with Crippen molar-refractivity contribution in [1.29, 1.82) is 0 Å². The second-order valence-corrected chi connectivity index (χ2v) is 6.71. The van der Waals surface area contributed by atoms with Gasteiger partial charge in [-0.25, -0.2) is 4.98 Å². The summed E-state index contributed by atoms with van der Waals surface area (Å²) in [6.07, 6.45) is 2.36. The fourth-order valence-corrected chi connectivity index (χ4v) is 3.79. The van der Waals surface area contributed by atoms with E-state index in [1.165, 1.54) is 4.70 Å². The van der Waals surface area contributed by atoms with Crippen LogP contribution >= 0.6 is 36.2 Å². The molecule has 0 atom stereocenters. The van der Waals surface area contributed by atoms with E-state index in [1.807, 2.05) is 25.2 Å². The summed E-state index contributed by atoms with van der Waals surface area (Å²) in [5.41, 5.74) is 0.668. The van der Waals surface area contributed by atoms with E-state index in [4.69, 9.17) is 4.98 Å². The van der Waals surface area contributed by atoms with Crippen LogP contribution in [0.3, 0.4) is 0 Å². The number of likely N-dealkylation sites (N-methyl/N-ethyl adjacent to an activating group) is 1. The highest BCUT2D eigenvalue weighted by Gasteiger charge is 2.35. The Bertz CT molecular complexity index is 596. The number of fused-ring (bicyclic) bond motifs is 1. The Balaban J connectivity index is 0.00000264. The molecule has 24 heavy (non-hydrogen) atoms. The van der Waals surface area contributed by atoms with Gasteiger partial charge in [-0.15, -0.1) is 36.2 Å². The second kappa shape index (κ2) is 10.9. The summed E-state index contributed by atoms with van der Waals surface area (Å²) >= 11 is 1.70. The third-order valence-corrected chi connectivity index (χ3v) is 5.36. The first-order chi connectivity index (χ1) is 10.6. The molecule has 2 rings (SSSR count). The minimum Gasteiger partial charge on any atom is -0.354 e. The summed E-state index contributed by atoms with van der Waals surface area (Å²) in [4.78, 5) is 17.4. The highest BCUT2D eigenvalue weighted by atomic mass is 35.5. The number of rotatable bonds is 8. The number of thiazole rings is 1. The molecule has 0 unspecified atom stereocenters. The molecule has 136 valence electrons. The van der Waals surface area contributed by atoms with Gasteiger partial charge in [0, 0.05) is 19.5 Å². The van der Waals surface area contributed by atoms with Crippen LogP contribution < -0.4 is 10.6 Å². The number of nitrogens with zero attached hydrogens (tertiary/aromatic N) is 1. The summed E-state index contributed by atoms with van der Waals surface area (Å²) in [7, 11) is 1.89. The van der Waals surface area contributed by atoms with Gasteiger partial charge in [-0.2, -0.15) is 0 Å². The van der Waals surface area contributed by atoms with Crippen molar-refractivity contribution in [2.45, 2.75) is 33.1 Å². The van der Waals surface area contributed by atoms with Gasteiger partial charge in [0.25, 0.3) is 0 Å². The molecule has 1 aromatic carbocycles. The monoisotopic (exact) mass is 391 g/mol. The molecule has 0 bridgehead atoms. The maximum Gasteiger partial charge on any atom is 0.226 e. The first-order valence-corrected chi connectivity index (χ1v) is 8.74. The van der Waals surface area contributed by atoms with E-state index in [9.17, 15) is 4.79 Å². The number of hydrogen-bond acceptors (Lipinski definition) is 4. The minimum atomic E-state index is -0.360. The lowest BCUT2D eigenvalue weighted by Gasteiger charge is -2.29. The number of nitrogens with one attached hydrogen (secondary N) is 2. The van der Waals surface area contributed by atoms with Crippen molar-refractivity contribution in [3.8, 4) is 0 Å². The van der Waals surface area contributed by atoms with Crippen molar-refractivity contribution in [3.05, 3.63) is 29.3 Å². The maximum atomic E-state index is 12.7. The topological polar surface area (TPSA) is 54.0 Å². The summed E-state index contributed by atoms with van der Waals surface area (Å²) in [5.74, 6) is 0.145. The van der Waals surface area contributed by atoms with E-state index in [2.05, 4.69) is 30.5 Å². The summed E-state index contributed by atoms with van der Waals surface area (Å²) in [5, 5.41) is 7.16. The molecule has 0 saturated carbocycles. The van der Waals surface area contributed by atoms with Crippen LogP contribution in [0.4, 0.5) is 0 Å². The van der Waals surface area contributed by atoms with Gasteiger partial charge in [-0.3, -0.25) is 4.79 Å².